The highest BCUT2D eigenvalue weighted by atomic mass is 127. The molecular formula is C34H31FIN3O5. The lowest BCUT2D eigenvalue weighted by atomic mass is 10.2. The first kappa shape index (κ1) is 30.9. The van der Waals surface area contributed by atoms with Gasteiger partial charge in [-0.1, -0.05) is 12.1 Å². The normalized spacial score (nSPS) is 11.1. The Hall–Kier alpha value is -4.58. The molecule has 0 atom stereocenters. The van der Waals surface area contributed by atoms with E-state index in [1.54, 1.807) is 30.3 Å². The first-order valence-corrected chi connectivity index (χ1v) is 15.0. The molecule has 0 bridgehead atoms. The monoisotopic (exact) mass is 707 g/mol. The number of carbonyl (C=O) groups excluding carboxylic acids is 1. The Kier molecular flexibility index (Phi) is 10.0. The van der Waals surface area contributed by atoms with Gasteiger partial charge < -0.3 is 23.2 Å². The standard InChI is InChI=1S/C34H31FIN3O5/c1-4-41-32-18-25(17-30(36)33(32)43-20-24-7-9-26(35)10-8-24)19-37-38-34(40)31-16-15-29(44-31)21-42-28-13-11-27(12-14-28)39-22(2)5-6-23(39)3/h5-19H,4,20-21H2,1-3H3,(H,38,40)/b37-19+. The number of hydrazone groups is 1. The Balaban J connectivity index is 1.15. The lowest BCUT2D eigenvalue weighted by Crippen LogP contribution is -2.16. The summed E-state index contributed by atoms with van der Waals surface area (Å²) in [6.45, 7) is 6.88. The molecule has 44 heavy (non-hydrogen) atoms. The largest absolute Gasteiger partial charge is 0.490 e. The van der Waals surface area contributed by atoms with Gasteiger partial charge in [-0.3, -0.25) is 4.79 Å². The Morgan fingerprint density at radius 2 is 1.66 bits per heavy atom. The van der Waals surface area contributed by atoms with Crippen LogP contribution < -0.4 is 19.6 Å². The van der Waals surface area contributed by atoms with Gasteiger partial charge in [-0.2, -0.15) is 5.10 Å². The van der Waals surface area contributed by atoms with Gasteiger partial charge in [0.2, 0.25) is 0 Å². The number of hydrogen-bond donors (Lipinski definition) is 1. The lowest BCUT2D eigenvalue weighted by Gasteiger charge is -2.14. The number of aryl methyl sites for hydroxylation is 2. The molecule has 0 fully saturated rings. The van der Waals surface area contributed by atoms with E-state index >= 15 is 0 Å². The molecule has 5 aromatic rings. The highest BCUT2D eigenvalue weighted by molar-refractivity contribution is 14.1. The van der Waals surface area contributed by atoms with Gasteiger partial charge in [0.15, 0.2) is 17.3 Å². The van der Waals surface area contributed by atoms with Crippen molar-refractivity contribution in [2.45, 2.75) is 34.0 Å². The molecular weight excluding hydrogens is 676 g/mol. The topological polar surface area (TPSA) is 87.2 Å². The van der Waals surface area contributed by atoms with Crippen LogP contribution in [-0.4, -0.2) is 23.3 Å². The molecule has 2 heterocycles. The predicted molar refractivity (Wildman–Crippen MR) is 174 cm³/mol. The quantitative estimate of drug-likeness (QED) is 0.0815. The smallest absolute Gasteiger partial charge is 0.307 e. The zero-order valence-electron chi connectivity index (χ0n) is 24.5. The van der Waals surface area contributed by atoms with Crippen molar-refractivity contribution in [2.24, 2.45) is 5.10 Å². The Morgan fingerprint density at radius 3 is 2.36 bits per heavy atom. The van der Waals surface area contributed by atoms with Gasteiger partial charge in [0.25, 0.3) is 0 Å². The summed E-state index contributed by atoms with van der Waals surface area (Å²) in [5.41, 5.74) is 7.41. The number of aromatic nitrogens is 1. The van der Waals surface area contributed by atoms with E-state index in [4.69, 9.17) is 18.6 Å². The number of hydrogen-bond acceptors (Lipinski definition) is 6. The molecule has 0 aliphatic carbocycles. The van der Waals surface area contributed by atoms with Crippen LogP contribution in [0.3, 0.4) is 0 Å². The predicted octanol–water partition coefficient (Wildman–Crippen LogP) is 7.75. The fourth-order valence-corrected chi connectivity index (χ4v) is 5.30. The van der Waals surface area contributed by atoms with E-state index in [1.807, 2.05) is 37.3 Å². The van der Waals surface area contributed by atoms with E-state index in [9.17, 15) is 9.18 Å². The van der Waals surface area contributed by atoms with E-state index in [1.165, 1.54) is 18.3 Å². The fourth-order valence-electron chi connectivity index (χ4n) is 4.52. The molecule has 0 aliphatic rings. The summed E-state index contributed by atoms with van der Waals surface area (Å²) in [4.78, 5) is 12.6. The third-order valence-electron chi connectivity index (χ3n) is 6.64. The third kappa shape index (κ3) is 7.67. The van der Waals surface area contributed by atoms with Crippen LogP contribution in [-0.2, 0) is 13.2 Å². The average molecular weight is 708 g/mol. The van der Waals surface area contributed by atoms with Gasteiger partial charge in [0, 0.05) is 17.1 Å². The molecule has 0 saturated carbocycles. The van der Waals surface area contributed by atoms with E-state index < -0.39 is 5.91 Å². The van der Waals surface area contributed by atoms with Crippen LogP contribution in [0.2, 0.25) is 0 Å². The van der Waals surface area contributed by atoms with Crippen LogP contribution in [0, 0.1) is 23.2 Å². The first-order chi connectivity index (χ1) is 21.3. The van der Waals surface area contributed by atoms with Crippen molar-refractivity contribution in [1.82, 2.24) is 9.99 Å². The van der Waals surface area contributed by atoms with Gasteiger partial charge in [-0.15, -0.1) is 0 Å². The second-order valence-corrected chi connectivity index (χ2v) is 11.0. The number of ether oxygens (including phenoxy) is 3. The molecule has 0 aliphatic heterocycles. The number of nitrogens with one attached hydrogen (secondary N) is 1. The van der Waals surface area contributed by atoms with Crippen molar-refractivity contribution in [3.05, 3.63) is 128 Å². The van der Waals surface area contributed by atoms with Crippen molar-refractivity contribution in [2.75, 3.05) is 6.61 Å². The van der Waals surface area contributed by atoms with Crippen LogP contribution in [0.15, 0.2) is 94.4 Å². The minimum absolute atomic E-state index is 0.115. The van der Waals surface area contributed by atoms with E-state index in [2.05, 4.69) is 63.7 Å². The minimum Gasteiger partial charge on any atom is -0.490 e. The molecule has 10 heteroatoms. The van der Waals surface area contributed by atoms with Crippen molar-refractivity contribution in [1.29, 1.82) is 0 Å². The molecule has 8 nitrogen and oxygen atoms in total. The number of nitrogens with zero attached hydrogens (tertiary/aromatic N) is 2. The Morgan fingerprint density at radius 1 is 0.932 bits per heavy atom. The summed E-state index contributed by atoms with van der Waals surface area (Å²) < 4.78 is 39.5. The molecule has 226 valence electrons. The molecule has 1 N–H and O–H groups in total. The second-order valence-electron chi connectivity index (χ2n) is 9.88. The Bertz CT molecular complexity index is 1740. The van der Waals surface area contributed by atoms with E-state index in [-0.39, 0.29) is 24.8 Å². The number of carbonyl (C=O) groups is 1. The summed E-state index contributed by atoms with van der Waals surface area (Å²) in [5, 5.41) is 4.08. The molecule has 5 rings (SSSR count). The molecule has 0 unspecified atom stereocenters. The number of furan rings is 1. The minimum atomic E-state index is -0.492. The van der Waals surface area contributed by atoms with Gasteiger partial charge in [0.1, 0.15) is 30.5 Å². The van der Waals surface area contributed by atoms with Gasteiger partial charge in [-0.05, 0) is 127 Å². The SMILES string of the molecule is CCOc1cc(/C=N/NC(=O)c2ccc(COc3ccc(-n4c(C)ccc4C)cc3)o2)cc(I)c1OCc1ccc(F)cc1. The first-order valence-electron chi connectivity index (χ1n) is 13.9. The lowest BCUT2D eigenvalue weighted by molar-refractivity contribution is 0.0923. The molecule has 1 amide bonds. The molecule has 3 aromatic carbocycles. The summed E-state index contributed by atoms with van der Waals surface area (Å²) in [6.07, 6.45) is 1.51. The van der Waals surface area contributed by atoms with Crippen molar-refractivity contribution in [3.8, 4) is 22.9 Å². The van der Waals surface area contributed by atoms with Crippen molar-refractivity contribution in [3.63, 3.8) is 0 Å². The summed E-state index contributed by atoms with van der Waals surface area (Å²) in [7, 11) is 0. The number of benzene rings is 3. The highest BCUT2D eigenvalue weighted by Gasteiger charge is 2.14. The second kappa shape index (κ2) is 14.3. The molecule has 2 aromatic heterocycles. The zero-order chi connectivity index (χ0) is 31.1. The summed E-state index contributed by atoms with van der Waals surface area (Å²) >= 11 is 2.15. The van der Waals surface area contributed by atoms with Crippen molar-refractivity contribution >= 4 is 34.7 Å². The van der Waals surface area contributed by atoms with Crippen LogP contribution in [0.5, 0.6) is 17.2 Å². The van der Waals surface area contributed by atoms with Gasteiger partial charge in [-0.25, -0.2) is 9.82 Å². The van der Waals surface area contributed by atoms with E-state index in [0.29, 0.717) is 35.2 Å². The van der Waals surface area contributed by atoms with Crippen LogP contribution in [0.25, 0.3) is 5.69 Å². The summed E-state index contributed by atoms with van der Waals surface area (Å²) in [6, 6.07) is 25.0. The van der Waals surface area contributed by atoms with Crippen LogP contribution in [0.4, 0.5) is 4.39 Å². The zero-order valence-corrected chi connectivity index (χ0v) is 26.6. The molecule has 0 spiro atoms. The molecule has 0 saturated heterocycles. The number of halogens is 2. The third-order valence-corrected chi connectivity index (χ3v) is 7.44. The highest BCUT2D eigenvalue weighted by Crippen LogP contribution is 2.34. The van der Waals surface area contributed by atoms with Gasteiger partial charge >= 0.3 is 5.91 Å². The fraction of sp³-hybridized carbons (Fsp3) is 0.176. The summed E-state index contributed by atoms with van der Waals surface area (Å²) in [5.74, 6) is 1.63. The maximum absolute atomic E-state index is 13.2. The van der Waals surface area contributed by atoms with Crippen molar-refractivity contribution < 1.29 is 27.8 Å². The maximum Gasteiger partial charge on any atom is 0.307 e. The average Bonchev–Trinajstić information content (AvgIpc) is 3.63. The van der Waals surface area contributed by atoms with Crippen LogP contribution >= 0.6 is 22.6 Å². The van der Waals surface area contributed by atoms with E-state index in [0.717, 1.165) is 26.2 Å². The van der Waals surface area contributed by atoms with Gasteiger partial charge in [0.05, 0.1) is 16.4 Å². The maximum atomic E-state index is 13.2. The number of amides is 1. The Labute approximate surface area is 268 Å². The van der Waals surface area contributed by atoms with Crippen LogP contribution in [0.1, 0.15) is 45.8 Å². The molecule has 0 radical (unpaired) electrons. The number of rotatable bonds is 12.